The highest BCUT2D eigenvalue weighted by Crippen LogP contribution is 2.16. The minimum absolute atomic E-state index is 0.210. The number of hydrogen-bond donors (Lipinski definition) is 0. The van der Waals surface area contributed by atoms with Crippen molar-refractivity contribution in [2.45, 2.75) is 39.9 Å². The maximum atomic E-state index is 12.9. The number of amides is 1. The Labute approximate surface area is 162 Å². The highest BCUT2D eigenvalue weighted by Gasteiger charge is 2.17. The molecule has 1 aromatic heterocycles. The zero-order valence-corrected chi connectivity index (χ0v) is 16.2. The van der Waals surface area contributed by atoms with Gasteiger partial charge in [-0.2, -0.15) is 0 Å². The van der Waals surface area contributed by atoms with Crippen LogP contribution in [0.25, 0.3) is 0 Å². The minimum Gasteiger partial charge on any atom is -0.345 e. The monoisotopic (exact) mass is 360 g/mol. The first-order valence-corrected chi connectivity index (χ1v) is 9.61. The van der Waals surface area contributed by atoms with E-state index < -0.39 is 0 Å². The Morgan fingerprint density at radius 3 is 2.11 bits per heavy atom. The van der Waals surface area contributed by atoms with Gasteiger partial charge in [0.1, 0.15) is 0 Å². The fourth-order valence-electron chi connectivity index (χ4n) is 3.24. The van der Waals surface area contributed by atoms with Crippen molar-refractivity contribution in [3.05, 3.63) is 95.8 Å². The first kappa shape index (κ1) is 19.0. The Bertz CT molecular complexity index is 837. The van der Waals surface area contributed by atoms with E-state index in [0.29, 0.717) is 25.4 Å². The summed E-state index contributed by atoms with van der Waals surface area (Å²) in [6.07, 6.45) is 2.67. The molecule has 3 aromatic rings. The van der Waals surface area contributed by atoms with E-state index in [1.807, 2.05) is 29.2 Å². The molecule has 0 saturated carbocycles. The molecule has 0 spiro atoms. The zero-order chi connectivity index (χ0) is 19.1. The molecule has 1 amide bonds. The second-order valence-electron chi connectivity index (χ2n) is 7.45. The number of carbonyl (C=O) groups excluding carboxylic acids is 1. The van der Waals surface area contributed by atoms with Gasteiger partial charge in [0.15, 0.2) is 0 Å². The average Bonchev–Trinajstić information content (AvgIpc) is 3.09. The Kier molecular flexibility index (Phi) is 6.48. The van der Waals surface area contributed by atoms with Crippen LogP contribution in [0, 0.1) is 5.92 Å². The second-order valence-corrected chi connectivity index (χ2v) is 7.45. The van der Waals surface area contributed by atoms with Gasteiger partial charge in [0.05, 0.1) is 6.54 Å². The van der Waals surface area contributed by atoms with Gasteiger partial charge in [-0.05, 0) is 29.2 Å². The van der Waals surface area contributed by atoms with Crippen molar-refractivity contribution in [1.29, 1.82) is 0 Å². The summed E-state index contributed by atoms with van der Waals surface area (Å²) in [5, 5.41) is 0. The summed E-state index contributed by atoms with van der Waals surface area (Å²) in [5.41, 5.74) is 3.58. The molecule has 1 heterocycles. The molecule has 3 nitrogen and oxygen atoms in total. The lowest BCUT2D eigenvalue weighted by Gasteiger charge is -2.25. The van der Waals surface area contributed by atoms with Crippen LogP contribution in [-0.4, -0.2) is 15.4 Å². The number of rotatable bonds is 8. The van der Waals surface area contributed by atoms with Crippen molar-refractivity contribution >= 4 is 5.91 Å². The van der Waals surface area contributed by atoms with Crippen LogP contribution in [-0.2, 0) is 24.4 Å². The fraction of sp³-hybridized carbons (Fsp3) is 0.292. The third kappa shape index (κ3) is 5.58. The normalized spacial score (nSPS) is 10.9. The quantitative estimate of drug-likeness (QED) is 0.548. The summed E-state index contributed by atoms with van der Waals surface area (Å²) in [7, 11) is 0. The molecule has 27 heavy (non-hydrogen) atoms. The van der Waals surface area contributed by atoms with Gasteiger partial charge in [-0.15, -0.1) is 0 Å². The highest BCUT2D eigenvalue weighted by molar-refractivity contribution is 5.76. The lowest BCUT2D eigenvalue weighted by molar-refractivity contribution is -0.133. The average molecular weight is 361 g/mol. The van der Waals surface area contributed by atoms with Crippen LogP contribution in [0.2, 0.25) is 0 Å². The molecular weight excluding hydrogens is 332 g/mol. The molecule has 2 aromatic carbocycles. The molecule has 0 atom stereocenters. The fourth-order valence-corrected chi connectivity index (χ4v) is 3.24. The van der Waals surface area contributed by atoms with Gasteiger partial charge < -0.3 is 9.47 Å². The molecule has 0 aliphatic rings. The standard InChI is InChI=1S/C24H28N2O/c1-20(2)16-24(27)26(18-22-12-7-4-8-13-22)19-23-14-9-15-25(23)17-21-10-5-3-6-11-21/h3-15,20H,16-19H2,1-2H3. The molecule has 140 valence electrons. The van der Waals surface area contributed by atoms with Crippen LogP contribution >= 0.6 is 0 Å². The third-order valence-corrected chi connectivity index (χ3v) is 4.62. The van der Waals surface area contributed by atoms with Gasteiger partial charge in [-0.25, -0.2) is 0 Å². The van der Waals surface area contributed by atoms with E-state index in [1.165, 1.54) is 5.56 Å². The molecule has 0 fully saturated rings. The zero-order valence-electron chi connectivity index (χ0n) is 16.2. The van der Waals surface area contributed by atoms with E-state index in [1.54, 1.807) is 0 Å². The predicted molar refractivity (Wildman–Crippen MR) is 110 cm³/mol. The Balaban J connectivity index is 1.77. The lowest BCUT2D eigenvalue weighted by Crippen LogP contribution is -2.31. The van der Waals surface area contributed by atoms with E-state index in [9.17, 15) is 4.79 Å². The molecule has 3 heteroatoms. The van der Waals surface area contributed by atoms with Crippen molar-refractivity contribution in [3.63, 3.8) is 0 Å². The number of aromatic nitrogens is 1. The van der Waals surface area contributed by atoms with Crippen LogP contribution in [0.1, 0.15) is 37.1 Å². The molecule has 0 unspecified atom stereocenters. The smallest absolute Gasteiger partial charge is 0.223 e. The van der Waals surface area contributed by atoms with Gasteiger partial charge in [-0.3, -0.25) is 4.79 Å². The Hall–Kier alpha value is -2.81. The molecule has 3 rings (SSSR count). The molecule has 0 aliphatic carbocycles. The van der Waals surface area contributed by atoms with Crippen LogP contribution in [0.3, 0.4) is 0 Å². The van der Waals surface area contributed by atoms with E-state index >= 15 is 0 Å². The molecule has 0 N–H and O–H groups in total. The summed E-state index contributed by atoms with van der Waals surface area (Å²) >= 11 is 0. The van der Waals surface area contributed by atoms with E-state index in [0.717, 1.165) is 17.8 Å². The van der Waals surface area contributed by atoms with Gasteiger partial charge in [-0.1, -0.05) is 74.5 Å². The van der Waals surface area contributed by atoms with Crippen molar-refractivity contribution in [1.82, 2.24) is 9.47 Å². The van der Waals surface area contributed by atoms with Crippen molar-refractivity contribution < 1.29 is 4.79 Å². The minimum atomic E-state index is 0.210. The van der Waals surface area contributed by atoms with Crippen molar-refractivity contribution in [3.8, 4) is 0 Å². The van der Waals surface area contributed by atoms with Crippen molar-refractivity contribution in [2.24, 2.45) is 5.92 Å². The first-order chi connectivity index (χ1) is 13.1. The molecule has 0 saturated heterocycles. The summed E-state index contributed by atoms with van der Waals surface area (Å²) in [6.45, 7) is 6.28. The SMILES string of the molecule is CC(C)CC(=O)N(Cc1ccccc1)Cc1cccn1Cc1ccccc1. The lowest BCUT2D eigenvalue weighted by atomic mass is 10.1. The topological polar surface area (TPSA) is 25.2 Å². The van der Waals surface area contributed by atoms with Gasteiger partial charge in [0.25, 0.3) is 0 Å². The number of nitrogens with zero attached hydrogens (tertiary/aromatic N) is 2. The maximum absolute atomic E-state index is 12.9. The molecular formula is C24H28N2O. The van der Waals surface area contributed by atoms with E-state index in [2.05, 4.69) is 73.1 Å². The summed E-state index contributed by atoms with van der Waals surface area (Å²) in [5.74, 6) is 0.563. The van der Waals surface area contributed by atoms with Crippen LogP contribution < -0.4 is 0 Å². The molecule has 0 aliphatic heterocycles. The van der Waals surface area contributed by atoms with Crippen molar-refractivity contribution in [2.75, 3.05) is 0 Å². The largest absolute Gasteiger partial charge is 0.345 e. The number of carbonyl (C=O) groups is 1. The predicted octanol–water partition coefficient (Wildman–Crippen LogP) is 5.11. The number of benzene rings is 2. The third-order valence-electron chi connectivity index (χ3n) is 4.62. The molecule has 0 radical (unpaired) electrons. The molecule has 0 bridgehead atoms. The highest BCUT2D eigenvalue weighted by atomic mass is 16.2. The Morgan fingerprint density at radius 1 is 0.852 bits per heavy atom. The Morgan fingerprint density at radius 2 is 1.48 bits per heavy atom. The van der Waals surface area contributed by atoms with Crippen LogP contribution in [0.5, 0.6) is 0 Å². The van der Waals surface area contributed by atoms with E-state index in [-0.39, 0.29) is 5.91 Å². The summed E-state index contributed by atoms with van der Waals surface area (Å²) in [6, 6.07) is 24.8. The van der Waals surface area contributed by atoms with E-state index in [4.69, 9.17) is 0 Å². The second kappa shape index (κ2) is 9.22. The van der Waals surface area contributed by atoms with Gasteiger partial charge in [0, 0.05) is 31.4 Å². The maximum Gasteiger partial charge on any atom is 0.223 e. The van der Waals surface area contributed by atoms with Crippen LogP contribution in [0.15, 0.2) is 79.0 Å². The summed E-state index contributed by atoms with van der Waals surface area (Å²) < 4.78 is 2.23. The van der Waals surface area contributed by atoms with Crippen LogP contribution in [0.4, 0.5) is 0 Å². The number of hydrogen-bond acceptors (Lipinski definition) is 1. The first-order valence-electron chi connectivity index (χ1n) is 9.61. The van der Waals surface area contributed by atoms with Gasteiger partial charge in [0.2, 0.25) is 5.91 Å². The summed E-state index contributed by atoms with van der Waals surface area (Å²) in [4.78, 5) is 14.8. The van der Waals surface area contributed by atoms with Gasteiger partial charge >= 0.3 is 0 Å².